The monoisotopic (exact) mass is 846 g/mol. The molecule has 3 saturated heterocycles. The van der Waals surface area contributed by atoms with Gasteiger partial charge >= 0.3 is 0 Å². The lowest BCUT2D eigenvalue weighted by atomic mass is 9.91. The molecule has 3 heterocycles. The Morgan fingerprint density at radius 2 is 1.02 bits per heavy atom. The fourth-order valence-corrected chi connectivity index (χ4v) is 9.00. The number of aliphatic hydroxyl groups is 1. The second-order valence-corrected chi connectivity index (χ2v) is 16.8. The Balaban J connectivity index is 1.21. The number of ether oxygens (including phenoxy) is 9. The highest BCUT2D eigenvalue weighted by atomic mass is 79.9. The Morgan fingerprint density at radius 1 is 0.596 bits per heavy atom. The van der Waals surface area contributed by atoms with Crippen LogP contribution in [-0.4, -0.2) is 95.7 Å². The first-order chi connectivity index (χ1) is 22.1. The Kier molecular flexibility index (Phi) is 9.59. The van der Waals surface area contributed by atoms with Gasteiger partial charge in [-0.15, -0.1) is 0 Å². The molecule has 3 aliphatic heterocycles. The highest BCUT2D eigenvalue weighted by Gasteiger charge is 2.58. The molecule has 0 amide bonds. The quantitative estimate of drug-likeness (QED) is 0.358. The van der Waals surface area contributed by atoms with Crippen molar-refractivity contribution in [3.05, 3.63) is 67.6 Å². The third-order valence-corrected chi connectivity index (χ3v) is 11.2. The summed E-state index contributed by atoms with van der Waals surface area (Å²) in [5, 5.41) is 11.6. The highest BCUT2D eigenvalue weighted by molar-refractivity contribution is 9.12. The van der Waals surface area contributed by atoms with E-state index in [-0.39, 0.29) is 0 Å². The van der Waals surface area contributed by atoms with Gasteiger partial charge in [0.15, 0.2) is 17.4 Å². The van der Waals surface area contributed by atoms with Gasteiger partial charge in [0.2, 0.25) is 0 Å². The number of hydrogen-bond acceptors (Lipinski definition) is 10. The minimum Gasteiger partial charge on any atom is -0.387 e. The third kappa shape index (κ3) is 7.04. The molecule has 1 aromatic rings. The lowest BCUT2D eigenvalue weighted by molar-refractivity contribution is -0.220. The average molecular weight is 849 g/mol. The molecule has 47 heavy (non-hydrogen) atoms. The van der Waals surface area contributed by atoms with Gasteiger partial charge in [-0.2, -0.15) is 0 Å². The van der Waals surface area contributed by atoms with Crippen molar-refractivity contribution in [2.45, 2.75) is 139 Å². The molecule has 0 bridgehead atoms. The summed E-state index contributed by atoms with van der Waals surface area (Å²) in [7, 11) is 0. The Morgan fingerprint density at radius 3 is 1.57 bits per heavy atom. The molecule has 3 fully saturated rings. The van der Waals surface area contributed by atoms with Gasteiger partial charge in [-0.05, 0) is 65.3 Å². The maximum absolute atomic E-state index is 11.6. The number of benzene rings is 1. The van der Waals surface area contributed by atoms with Gasteiger partial charge < -0.3 is 47.7 Å². The summed E-state index contributed by atoms with van der Waals surface area (Å²) in [5.41, 5.74) is 1.04. The van der Waals surface area contributed by atoms with Gasteiger partial charge in [0.05, 0.1) is 6.61 Å². The molecule has 0 radical (unpaired) electrons. The average Bonchev–Trinajstić information content (AvgIpc) is 3.63. The molecular formula is C34H41Br3O10. The second-order valence-electron chi connectivity index (χ2n) is 14.1. The van der Waals surface area contributed by atoms with Gasteiger partial charge in [-0.25, -0.2) is 0 Å². The fraction of sp³-hybridized carbons (Fsp3) is 0.647. The van der Waals surface area contributed by atoms with Crippen LogP contribution < -0.4 is 0 Å². The van der Waals surface area contributed by atoms with Crippen LogP contribution in [0.3, 0.4) is 0 Å². The van der Waals surface area contributed by atoms with Crippen LogP contribution in [0.15, 0.2) is 62.0 Å². The summed E-state index contributed by atoms with van der Waals surface area (Å²) in [6, 6.07) is 9.99. The lowest BCUT2D eigenvalue weighted by Crippen LogP contribution is -2.57. The summed E-state index contributed by atoms with van der Waals surface area (Å²) in [6.07, 6.45) is -1.43. The third-order valence-electron chi connectivity index (χ3n) is 9.06. The first-order valence-electron chi connectivity index (χ1n) is 15.9. The smallest absolute Gasteiger partial charge is 0.164 e. The van der Waals surface area contributed by atoms with E-state index in [1.165, 1.54) is 0 Å². The number of rotatable bonds is 7. The zero-order valence-corrected chi connectivity index (χ0v) is 31.8. The van der Waals surface area contributed by atoms with E-state index in [1.54, 1.807) is 0 Å². The highest BCUT2D eigenvalue weighted by Crippen LogP contribution is 2.47. The van der Waals surface area contributed by atoms with Crippen molar-refractivity contribution in [2.75, 3.05) is 0 Å². The van der Waals surface area contributed by atoms with Gasteiger partial charge in [-0.1, -0.05) is 78.1 Å². The summed E-state index contributed by atoms with van der Waals surface area (Å²) < 4.78 is 60.4. The molecule has 7 rings (SSSR count). The van der Waals surface area contributed by atoms with Gasteiger partial charge in [0.25, 0.3) is 0 Å². The molecule has 13 heteroatoms. The molecule has 0 saturated carbocycles. The molecule has 0 aromatic heterocycles. The molecule has 6 aliphatic rings. The molecule has 258 valence electrons. The van der Waals surface area contributed by atoms with E-state index in [4.69, 9.17) is 42.6 Å². The summed E-state index contributed by atoms with van der Waals surface area (Å²) in [6.45, 7) is 11.5. The van der Waals surface area contributed by atoms with Crippen LogP contribution >= 0.6 is 47.8 Å². The fourth-order valence-electron chi connectivity index (χ4n) is 7.16. The molecule has 0 spiro atoms. The molecule has 12 atom stereocenters. The molecule has 10 nitrogen and oxygen atoms in total. The predicted molar refractivity (Wildman–Crippen MR) is 181 cm³/mol. The standard InChI is InChI=1S/C34H41Br3O10/c1-32(2)42-24-17(35)12-20(23(38)29(24)45-32)40-28-22(14-19(37)26-31(28)47-34(5,6)44-26)41-27-21(39-15-16-10-8-7-9-11-16)13-18(36)25-30(27)46-33(3,4)43-25/h7-14,20-31,38H,15H2,1-6H3/t20-,21-,22-,23+,24+,25+,26-,27+,28+,29-,30+,31-/m0/s1. The van der Waals surface area contributed by atoms with E-state index < -0.39 is 90.6 Å². The molecule has 0 unspecified atom stereocenters. The van der Waals surface area contributed by atoms with Gasteiger partial charge in [0.1, 0.15) is 73.2 Å². The van der Waals surface area contributed by atoms with E-state index in [9.17, 15) is 5.11 Å². The summed E-state index contributed by atoms with van der Waals surface area (Å²) in [4.78, 5) is 0. The maximum Gasteiger partial charge on any atom is 0.164 e. The van der Waals surface area contributed by atoms with E-state index in [1.807, 2.05) is 90.1 Å². The minimum atomic E-state index is -1.01. The summed E-state index contributed by atoms with van der Waals surface area (Å²) >= 11 is 11.1. The lowest BCUT2D eigenvalue weighted by Gasteiger charge is -2.43. The van der Waals surface area contributed by atoms with Crippen molar-refractivity contribution in [1.82, 2.24) is 0 Å². The van der Waals surface area contributed by atoms with E-state index >= 15 is 0 Å². The van der Waals surface area contributed by atoms with Crippen molar-refractivity contribution >= 4 is 47.8 Å². The second kappa shape index (κ2) is 12.9. The normalized spacial score (nSPS) is 43.0. The zero-order chi connectivity index (χ0) is 33.5. The SMILES string of the molecule is CC1(C)O[C@H]2[C@H](O)[C@@H](O[C@H]3[C@H]4OC(C)(C)O[C@H]4C(Br)=C[C@@H]3O[C@H]3[C@@H]4OC(C)(C)O[C@@H]4C(Br)=C[C@@H]3OCc3ccccc3)C=C(Br)[C@H]2O1. The molecule has 3 aliphatic carbocycles. The number of halogens is 3. The molecule has 1 aromatic carbocycles. The largest absolute Gasteiger partial charge is 0.387 e. The maximum atomic E-state index is 11.6. The number of hydrogen-bond donors (Lipinski definition) is 1. The van der Waals surface area contributed by atoms with Crippen LogP contribution in [0.25, 0.3) is 0 Å². The molecule has 1 N–H and O–H groups in total. The van der Waals surface area contributed by atoms with E-state index in [0.717, 1.165) is 19.0 Å². The van der Waals surface area contributed by atoms with Crippen LogP contribution in [-0.2, 0) is 49.2 Å². The zero-order valence-electron chi connectivity index (χ0n) is 27.0. The number of aliphatic hydroxyl groups excluding tert-OH is 1. The first-order valence-corrected chi connectivity index (χ1v) is 18.3. The van der Waals surface area contributed by atoms with Crippen molar-refractivity contribution < 1.29 is 47.7 Å². The van der Waals surface area contributed by atoms with Crippen molar-refractivity contribution in [3.63, 3.8) is 0 Å². The van der Waals surface area contributed by atoms with E-state index in [2.05, 4.69) is 47.8 Å². The van der Waals surface area contributed by atoms with E-state index in [0.29, 0.717) is 6.61 Å². The molecular weight excluding hydrogens is 808 g/mol. The minimum absolute atomic E-state index is 0.373. The van der Waals surface area contributed by atoms with Crippen LogP contribution in [0.5, 0.6) is 0 Å². The Labute approximate surface area is 300 Å². The number of fused-ring (bicyclic) bond motifs is 3. The van der Waals surface area contributed by atoms with Crippen LogP contribution in [0.4, 0.5) is 0 Å². The van der Waals surface area contributed by atoms with Gasteiger partial charge in [-0.3, -0.25) is 0 Å². The van der Waals surface area contributed by atoms with Gasteiger partial charge in [0, 0.05) is 13.4 Å². The predicted octanol–water partition coefficient (Wildman–Crippen LogP) is 5.88. The summed E-state index contributed by atoms with van der Waals surface area (Å²) in [5.74, 6) is -2.58. The first kappa shape index (κ1) is 34.9. The van der Waals surface area contributed by atoms with Crippen LogP contribution in [0.2, 0.25) is 0 Å². The van der Waals surface area contributed by atoms with Crippen LogP contribution in [0.1, 0.15) is 47.1 Å². The van der Waals surface area contributed by atoms with Crippen LogP contribution in [0, 0.1) is 0 Å². The Bertz CT molecular complexity index is 1430. The van der Waals surface area contributed by atoms with Crippen molar-refractivity contribution in [2.24, 2.45) is 0 Å². The Hall–Kier alpha value is -0.520. The van der Waals surface area contributed by atoms with Crippen molar-refractivity contribution in [3.8, 4) is 0 Å². The van der Waals surface area contributed by atoms with Crippen molar-refractivity contribution in [1.29, 1.82) is 0 Å². The topological polar surface area (TPSA) is 103 Å².